The molecule has 0 aromatic rings. The molecule has 0 aliphatic rings. The molecule has 0 fully saturated rings. The van der Waals surface area contributed by atoms with Crippen LogP contribution in [0.15, 0.2) is 36.5 Å². The first kappa shape index (κ1) is 60.6. The Morgan fingerprint density at radius 3 is 0.935 bits per heavy atom. The molecule has 0 saturated carbocycles. The van der Waals surface area contributed by atoms with Crippen LogP contribution in [-0.2, 0) is 4.79 Å². The zero-order valence-electron chi connectivity index (χ0n) is 42.2. The molecule has 0 radical (unpaired) electrons. The number of hydrogen-bond acceptors (Lipinski definition) is 3. The molecule has 0 aliphatic heterocycles. The molecule has 1 amide bonds. The van der Waals surface area contributed by atoms with Gasteiger partial charge < -0.3 is 15.5 Å². The molecule has 4 nitrogen and oxygen atoms in total. The molecule has 2 atom stereocenters. The average Bonchev–Trinajstić information content (AvgIpc) is 3.28. The van der Waals surface area contributed by atoms with Crippen LogP contribution in [0.25, 0.3) is 0 Å². The predicted octanol–water partition coefficient (Wildman–Crippen LogP) is 18.5. The summed E-state index contributed by atoms with van der Waals surface area (Å²) in [6, 6.07) is -0.643. The van der Waals surface area contributed by atoms with E-state index < -0.39 is 12.1 Å². The summed E-state index contributed by atoms with van der Waals surface area (Å²) in [5.41, 5.74) is 0. The van der Waals surface area contributed by atoms with Crippen LogP contribution in [-0.4, -0.2) is 34.9 Å². The molecule has 62 heavy (non-hydrogen) atoms. The van der Waals surface area contributed by atoms with E-state index in [2.05, 4.69) is 43.5 Å². The zero-order chi connectivity index (χ0) is 44.9. The lowest BCUT2D eigenvalue weighted by molar-refractivity contribution is -0.123. The summed E-state index contributed by atoms with van der Waals surface area (Å²) < 4.78 is 0. The van der Waals surface area contributed by atoms with Crippen molar-refractivity contribution in [3.8, 4) is 0 Å². The molecular weight excluding hydrogens is 759 g/mol. The van der Waals surface area contributed by atoms with E-state index >= 15 is 0 Å². The Bertz CT molecular complexity index is 943. The summed E-state index contributed by atoms with van der Waals surface area (Å²) in [7, 11) is 0. The van der Waals surface area contributed by atoms with E-state index in [1.54, 1.807) is 6.08 Å². The van der Waals surface area contributed by atoms with Crippen molar-refractivity contribution in [3.05, 3.63) is 36.5 Å². The first-order chi connectivity index (χ1) is 30.7. The molecule has 0 rings (SSSR count). The number of rotatable bonds is 52. The minimum atomic E-state index is -0.868. The van der Waals surface area contributed by atoms with Gasteiger partial charge in [-0.1, -0.05) is 294 Å². The van der Waals surface area contributed by atoms with E-state index in [-0.39, 0.29) is 12.5 Å². The number of aliphatic hydroxyl groups is 2. The van der Waals surface area contributed by atoms with Crippen LogP contribution < -0.4 is 5.32 Å². The molecule has 2 unspecified atom stereocenters. The molecular formula is C58H111NO3. The minimum Gasteiger partial charge on any atom is -0.394 e. The maximum atomic E-state index is 12.4. The highest BCUT2D eigenvalue weighted by Gasteiger charge is 2.18. The summed E-state index contributed by atoms with van der Waals surface area (Å²) in [5, 5.41) is 23.1. The van der Waals surface area contributed by atoms with Gasteiger partial charge in [0.1, 0.15) is 0 Å². The van der Waals surface area contributed by atoms with Gasteiger partial charge in [-0.3, -0.25) is 4.79 Å². The van der Waals surface area contributed by atoms with Crippen LogP contribution in [0.2, 0.25) is 0 Å². The van der Waals surface area contributed by atoms with Gasteiger partial charge in [-0.05, 0) is 44.9 Å². The van der Waals surface area contributed by atoms with Crippen LogP contribution in [0.5, 0.6) is 0 Å². The van der Waals surface area contributed by atoms with Gasteiger partial charge in [-0.2, -0.15) is 0 Å². The van der Waals surface area contributed by atoms with Crippen molar-refractivity contribution in [1.29, 1.82) is 0 Å². The fourth-order valence-electron chi connectivity index (χ4n) is 8.80. The Balaban J connectivity index is 3.45. The number of aliphatic hydroxyl groups excluding tert-OH is 2. The smallest absolute Gasteiger partial charge is 0.220 e. The van der Waals surface area contributed by atoms with Gasteiger partial charge in [0, 0.05) is 6.42 Å². The van der Waals surface area contributed by atoms with E-state index in [0.29, 0.717) is 6.42 Å². The number of unbranched alkanes of at least 4 members (excludes halogenated alkanes) is 41. The van der Waals surface area contributed by atoms with Gasteiger partial charge >= 0.3 is 0 Å². The Hall–Kier alpha value is -1.39. The third-order valence-electron chi connectivity index (χ3n) is 13.1. The van der Waals surface area contributed by atoms with E-state index in [1.165, 1.54) is 250 Å². The summed E-state index contributed by atoms with van der Waals surface area (Å²) in [6.45, 7) is 4.31. The third-order valence-corrected chi connectivity index (χ3v) is 13.1. The van der Waals surface area contributed by atoms with Crippen molar-refractivity contribution in [2.24, 2.45) is 0 Å². The van der Waals surface area contributed by atoms with Crippen molar-refractivity contribution in [1.82, 2.24) is 5.32 Å². The first-order valence-corrected chi connectivity index (χ1v) is 28.2. The minimum absolute atomic E-state index is 0.0726. The summed E-state index contributed by atoms with van der Waals surface area (Å²) in [6.07, 6.45) is 73.2. The Labute approximate surface area is 389 Å². The average molecular weight is 871 g/mol. The lowest BCUT2D eigenvalue weighted by Crippen LogP contribution is -2.45. The largest absolute Gasteiger partial charge is 0.394 e. The fraction of sp³-hybridized carbons (Fsp3) is 0.879. The Morgan fingerprint density at radius 1 is 0.371 bits per heavy atom. The highest BCUT2D eigenvalue weighted by atomic mass is 16.3. The van der Waals surface area contributed by atoms with Crippen LogP contribution in [0.1, 0.15) is 309 Å². The quantitative estimate of drug-likeness (QED) is 0.0421. The molecule has 366 valence electrons. The second-order valence-corrected chi connectivity index (χ2v) is 19.3. The highest BCUT2D eigenvalue weighted by Crippen LogP contribution is 2.17. The van der Waals surface area contributed by atoms with Crippen LogP contribution in [0.3, 0.4) is 0 Å². The maximum absolute atomic E-state index is 12.4. The summed E-state index contributed by atoms with van der Waals surface area (Å²) in [4.78, 5) is 12.4. The Kier molecular flexibility index (Phi) is 52.7. The molecule has 0 aliphatic carbocycles. The molecule has 0 bridgehead atoms. The number of carbonyl (C=O) groups is 1. The fourth-order valence-corrected chi connectivity index (χ4v) is 8.80. The molecule has 0 saturated heterocycles. The number of hydrogen-bond donors (Lipinski definition) is 3. The van der Waals surface area contributed by atoms with Crippen molar-refractivity contribution >= 4 is 5.91 Å². The molecule has 3 N–H and O–H groups in total. The third kappa shape index (κ3) is 49.6. The SMILES string of the molecule is CCCCCCCCC/C=C/CC/C=C/CC/C=C/C(O)C(CO)NC(=O)CCCCCCCCCCCCCCCCCCCCCCCCCCCCCCCCCCC. The molecule has 0 heterocycles. The number of carbonyl (C=O) groups excluding carboxylic acids is 1. The maximum Gasteiger partial charge on any atom is 0.220 e. The van der Waals surface area contributed by atoms with Gasteiger partial charge in [0.25, 0.3) is 0 Å². The van der Waals surface area contributed by atoms with Gasteiger partial charge in [0.2, 0.25) is 5.91 Å². The zero-order valence-corrected chi connectivity index (χ0v) is 42.2. The molecule has 0 aromatic carbocycles. The number of amides is 1. The van der Waals surface area contributed by atoms with Crippen molar-refractivity contribution in [2.45, 2.75) is 321 Å². The van der Waals surface area contributed by atoms with Crippen molar-refractivity contribution < 1.29 is 15.0 Å². The van der Waals surface area contributed by atoms with Gasteiger partial charge in [-0.25, -0.2) is 0 Å². The number of nitrogens with one attached hydrogen (secondary N) is 1. The van der Waals surface area contributed by atoms with Gasteiger partial charge in [0.15, 0.2) is 0 Å². The van der Waals surface area contributed by atoms with Gasteiger partial charge in [-0.15, -0.1) is 0 Å². The Morgan fingerprint density at radius 2 is 0.629 bits per heavy atom. The predicted molar refractivity (Wildman–Crippen MR) is 276 cm³/mol. The van der Waals surface area contributed by atoms with Crippen LogP contribution in [0, 0.1) is 0 Å². The van der Waals surface area contributed by atoms with Crippen molar-refractivity contribution in [2.75, 3.05) is 6.61 Å². The number of allylic oxidation sites excluding steroid dienone is 5. The van der Waals surface area contributed by atoms with E-state index in [1.807, 2.05) is 6.08 Å². The summed E-state index contributed by atoms with van der Waals surface area (Å²) in [5.74, 6) is -0.0726. The molecule has 0 aromatic heterocycles. The first-order valence-electron chi connectivity index (χ1n) is 28.2. The van der Waals surface area contributed by atoms with E-state index in [9.17, 15) is 15.0 Å². The molecule has 0 spiro atoms. The lowest BCUT2D eigenvalue weighted by atomic mass is 10.0. The van der Waals surface area contributed by atoms with Gasteiger partial charge in [0.05, 0.1) is 18.8 Å². The second-order valence-electron chi connectivity index (χ2n) is 19.3. The van der Waals surface area contributed by atoms with Crippen LogP contribution in [0.4, 0.5) is 0 Å². The second kappa shape index (κ2) is 53.9. The van der Waals surface area contributed by atoms with E-state index in [4.69, 9.17) is 0 Å². The standard InChI is InChI=1S/C58H111NO3/c1-3-5-7-9-11-13-15-17-19-21-22-23-24-25-26-27-28-29-30-31-32-33-34-35-36-38-40-42-44-46-48-50-52-54-58(62)59-56(55-60)57(61)53-51-49-47-45-43-41-39-37-20-18-16-14-12-10-8-6-4-2/h20,37,43,45,51,53,56-57,60-61H,3-19,21-36,38-42,44,46-50,52,54-55H2,1-2H3,(H,59,62)/b37-20+,45-43+,53-51+. The van der Waals surface area contributed by atoms with Crippen molar-refractivity contribution in [3.63, 3.8) is 0 Å². The normalized spacial score (nSPS) is 13.0. The topological polar surface area (TPSA) is 69.6 Å². The monoisotopic (exact) mass is 870 g/mol. The van der Waals surface area contributed by atoms with E-state index in [0.717, 1.165) is 38.5 Å². The molecule has 4 heteroatoms. The van der Waals surface area contributed by atoms with Crippen LogP contribution >= 0.6 is 0 Å². The highest BCUT2D eigenvalue weighted by molar-refractivity contribution is 5.76. The summed E-state index contributed by atoms with van der Waals surface area (Å²) >= 11 is 0. The lowest BCUT2D eigenvalue weighted by Gasteiger charge is -2.19.